The SMILES string of the molecule is C[C@H](Cc1cnc[nH]1)NC(=O)[C@@H]1CC2CCCCC2N1. The van der Waals surface area contributed by atoms with Crippen LogP contribution in [0.25, 0.3) is 0 Å². The van der Waals surface area contributed by atoms with Gasteiger partial charge >= 0.3 is 0 Å². The molecule has 3 rings (SSSR count). The van der Waals surface area contributed by atoms with Gasteiger partial charge in [-0.3, -0.25) is 4.79 Å². The Kier molecular flexibility index (Phi) is 4.05. The van der Waals surface area contributed by atoms with E-state index in [2.05, 4.69) is 20.6 Å². The summed E-state index contributed by atoms with van der Waals surface area (Å²) in [5.74, 6) is 0.869. The fraction of sp³-hybridized carbons (Fsp3) is 0.733. The zero-order valence-corrected chi connectivity index (χ0v) is 12.1. The van der Waals surface area contributed by atoms with Gasteiger partial charge < -0.3 is 15.6 Å². The van der Waals surface area contributed by atoms with Crippen LogP contribution in [0.4, 0.5) is 0 Å². The molecular weight excluding hydrogens is 252 g/mol. The largest absolute Gasteiger partial charge is 0.352 e. The van der Waals surface area contributed by atoms with Crippen molar-refractivity contribution >= 4 is 5.91 Å². The van der Waals surface area contributed by atoms with E-state index in [1.807, 2.05) is 13.1 Å². The number of hydrogen-bond donors (Lipinski definition) is 3. The van der Waals surface area contributed by atoms with Gasteiger partial charge in [-0.1, -0.05) is 12.8 Å². The number of fused-ring (bicyclic) bond motifs is 1. The maximum atomic E-state index is 12.3. The third-order valence-electron chi connectivity index (χ3n) is 4.65. The Labute approximate surface area is 119 Å². The minimum absolute atomic E-state index is 0.00677. The average molecular weight is 276 g/mol. The van der Waals surface area contributed by atoms with Crippen molar-refractivity contribution in [1.82, 2.24) is 20.6 Å². The van der Waals surface area contributed by atoms with Crippen LogP contribution in [-0.2, 0) is 11.2 Å². The quantitative estimate of drug-likeness (QED) is 0.778. The van der Waals surface area contributed by atoms with Crippen LogP contribution in [0, 0.1) is 5.92 Å². The summed E-state index contributed by atoms with van der Waals surface area (Å²) in [5, 5.41) is 6.65. The number of hydrogen-bond acceptors (Lipinski definition) is 3. The number of imidazole rings is 1. The second-order valence-corrected chi connectivity index (χ2v) is 6.30. The molecule has 1 saturated carbocycles. The fourth-order valence-corrected chi connectivity index (χ4v) is 3.64. The maximum Gasteiger partial charge on any atom is 0.237 e. The molecule has 4 atom stereocenters. The molecule has 1 aliphatic carbocycles. The zero-order chi connectivity index (χ0) is 13.9. The van der Waals surface area contributed by atoms with Gasteiger partial charge in [-0.2, -0.15) is 0 Å². The molecule has 5 heteroatoms. The molecule has 1 aromatic heterocycles. The standard InChI is InChI=1S/C15H24N4O/c1-10(6-12-8-16-9-17-12)18-15(20)14-7-11-4-2-3-5-13(11)19-14/h8-11,13-14,19H,2-7H2,1H3,(H,16,17)(H,18,20)/t10-,11?,13?,14+/m1/s1. The monoisotopic (exact) mass is 276 g/mol. The molecule has 2 unspecified atom stereocenters. The number of nitrogens with one attached hydrogen (secondary N) is 3. The van der Waals surface area contributed by atoms with Crippen LogP contribution in [0.5, 0.6) is 0 Å². The van der Waals surface area contributed by atoms with E-state index in [1.54, 1.807) is 6.33 Å². The predicted molar refractivity (Wildman–Crippen MR) is 77.2 cm³/mol. The van der Waals surface area contributed by atoms with Gasteiger partial charge in [0, 0.05) is 30.4 Å². The number of aromatic nitrogens is 2. The lowest BCUT2D eigenvalue weighted by Crippen LogP contribution is -2.46. The maximum absolute atomic E-state index is 12.3. The van der Waals surface area contributed by atoms with Crippen LogP contribution in [0.1, 0.15) is 44.7 Å². The second-order valence-electron chi connectivity index (χ2n) is 6.30. The van der Waals surface area contributed by atoms with Crippen molar-refractivity contribution < 1.29 is 4.79 Å². The number of carbonyl (C=O) groups is 1. The topological polar surface area (TPSA) is 69.8 Å². The van der Waals surface area contributed by atoms with Crippen molar-refractivity contribution in [3.8, 4) is 0 Å². The number of carbonyl (C=O) groups excluding carboxylic acids is 1. The van der Waals surface area contributed by atoms with Crippen LogP contribution >= 0.6 is 0 Å². The lowest BCUT2D eigenvalue weighted by atomic mass is 9.85. The van der Waals surface area contributed by atoms with E-state index in [1.165, 1.54) is 25.7 Å². The predicted octanol–water partition coefficient (Wildman–Crippen LogP) is 1.38. The number of aromatic amines is 1. The molecule has 2 heterocycles. The summed E-state index contributed by atoms with van der Waals surface area (Å²) in [6, 6.07) is 0.710. The van der Waals surface area contributed by atoms with Gasteiger partial charge in [-0.25, -0.2) is 4.98 Å². The first-order valence-electron chi connectivity index (χ1n) is 7.76. The van der Waals surface area contributed by atoms with Crippen molar-refractivity contribution in [1.29, 1.82) is 0 Å². The molecule has 1 aliphatic heterocycles. The van der Waals surface area contributed by atoms with Gasteiger partial charge in [0.25, 0.3) is 0 Å². The summed E-state index contributed by atoms with van der Waals surface area (Å²) in [5.41, 5.74) is 1.06. The molecule has 0 spiro atoms. The molecular formula is C15H24N4O. The third kappa shape index (κ3) is 3.03. The highest BCUT2D eigenvalue weighted by Gasteiger charge is 2.38. The first-order chi connectivity index (χ1) is 9.72. The summed E-state index contributed by atoms with van der Waals surface area (Å²) in [6.45, 7) is 2.04. The van der Waals surface area contributed by atoms with E-state index >= 15 is 0 Å². The summed E-state index contributed by atoms with van der Waals surface area (Å²) in [6.07, 6.45) is 10.4. The minimum atomic E-state index is 0.00677. The Morgan fingerprint density at radius 1 is 1.50 bits per heavy atom. The molecule has 3 N–H and O–H groups in total. The van der Waals surface area contributed by atoms with Crippen molar-refractivity contribution in [2.45, 2.75) is 63.6 Å². The van der Waals surface area contributed by atoms with E-state index in [0.29, 0.717) is 12.0 Å². The minimum Gasteiger partial charge on any atom is -0.352 e. The Morgan fingerprint density at radius 2 is 2.35 bits per heavy atom. The Bertz CT molecular complexity index is 431. The van der Waals surface area contributed by atoms with Crippen molar-refractivity contribution in [3.05, 3.63) is 18.2 Å². The van der Waals surface area contributed by atoms with Crippen LogP contribution in [0.2, 0.25) is 0 Å². The van der Waals surface area contributed by atoms with Crippen molar-refractivity contribution in [3.63, 3.8) is 0 Å². The van der Waals surface area contributed by atoms with Gasteiger partial charge in [-0.15, -0.1) is 0 Å². The summed E-state index contributed by atoms with van der Waals surface area (Å²) >= 11 is 0. The van der Waals surface area contributed by atoms with Crippen LogP contribution < -0.4 is 10.6 Å². The highest BCUT2D eigenvalue weighted by Crippen LogP contribution is 2.33. The molecule has 110 valence electrons. The first-order valence-corrected chi connectivity index (χ1v) is 7.76. The van der Waals surface area contributed by atoms with Crippen molar-refractivity contribution in [2.75, 3.05) is 0 Å². The third-order valence-corrected chi connectivity index (χ3v) is 4.65. The summed E-state index contributed by atoms with van der Waals surface area (Å²) in [4.78, 5) is 19.4. The number of H-pyrrole nitrogens is 1. The lowest BCUT2D eigenvalue weighted by Gasteiger charge is -2.24. The van der Waals surface area contributed by atoms with Gasteiger partial charge in [0.15, 0.2) is 0 Å². The normalized spacial score (nSPS) is 30.8. The fourth-order valence-electron chi connectivity index (χ4n) is 3.64. The average Bonchev–Trinajstić information content (AvgIpc) is 3.06. The van der Waals surface area contributed by atoms with E-state index in [9.17, 15) is 4.79 Å². The summed E-state index contributed by atoms with van der Waals surface area (Å²) in [7, 11) is 0. The molecule has 2 fully saturated rings. The van der Waals surface area contributed by atoms with Gasteiger partial charge in [0.1, 0.15) is 0 Å². The van der Waals surface area contributed by atoms with Gasteiger partial charge in [0.05, 0.1) is 12.4 Å². The van der Waals surface area contributed by atoms with E-state index in [-0.39, 0.29) is 18.0 Å². The van der Waals surface area contributed by atoms with E-state index < -0.39 is 0 Å². The Hall–Kier alpha value is -1.36. The Balaban J connectivity index is 1.49. The van der Waals surface area contributed by atoms with Crippen LogP contribution in [0.15, 0.2) is 12.5 Å². The van der Waals surface area contributed by atoms with E-state index in [4.69, 9.17) is 0 Å². The lowest BCUT2D eigenvalue weighted by molar-refractivity contribution is -0.123. The molecule has 0 radical (unpaired) electrons. The molecule has 1 amide bonds. The smallest absolute Gasteiger partial charge is 0.237 e. The molecule has 20 heavy (non-hydrogen) atoms. The van der Waals surface area contributed by atoms with Gasteiger partial charge in [-0.05, 0) is 32.1 Å². The molecule has 1 saturated heterocycles. The van der Waals surface area contributed by atoms with Crippen LogP contribution in [-0.4, -0.2) is 34.0 Å². The van der Waals surface area contributed by atoms with Crippen LogP contribution in [0.3, 0.4) is 0 Å². The Morgan fingerprint density at radius 3 is 3.10 bits per heavy atom. The number of amides is 1. The van der Waals surface area contributed by atoms with E-state index in [0.717, 1.165) is 18.5 Å². The molecule has 1 aromatic rings. The zero-order valence-electron chi connectivity index (χ0n) is 12.1. The number of rotatable bonds is 4. The molecule has 5 nitrogen and oxygen atoms in total. The molecule has 2 aliphatic rings. The van der Waals surface area contributed by atoms with Gasteiger partial charge in [0.2, 0.25) is 5.91 Å². The van der Waals surface area contributed by atoms with Crippen molar-refractivity contribution in [2.24, 2.45) is 5.92 Å². The highest BCUT2D eigenvalue weighted by atomic mass is 16.2. The second kappa shape index (κ2) is 5.95. The first kappa shape index (κ1) is 13.6. The molecule has 0 aromatic carbocycles. The molecule has 0 bridgehead atoms. The summed E-state index contributed by atoms with van der Waals surface area (Å²) < 4.78 is 0. The highest BCUT2D eigenvalue weighted by molar-refractivity contribution is 5.82. The number of nitrogens with zero attached hydrogens (tertiary/aromatic N) is 1.